The maximum absolute atomic E-state index is 8.39. The third-order valence-electron chi connectivity index (χ3n) is 2.12. The highest BCUT2D eigenvalue weighted by molar-refractivity contribution is 5.79. The first-order valence-electron chi connectivity index (χ1n) is 4.79. The van der Waals surface area contributed by atoms with Crippen LogP contribution in [-0.4, -0.2) is 4.98 Å². The molecule has 0 atom stereocenters. The zero-order valence-corrected chi connectivity index (χ0v) is 8.22. The van der Waals surface area contributed by atoms with E-state index in [1.807, 2.05) is 48.6 Å². The van der Waals surface area contributed by atoms with E-state index in [0.717, 1.165) is 16.6 Å². The Balaban J connectivity index is 2.35. The van der Waals surface area contributed by atoms with Crippen LogP contribution < -0.4 is 0 Å². The molecule has 0 radical (unpaired) electrons. The van der Waals surface area contributed by atoms with Crippen LogP contribution in [0.15, 0.2) is 42.5 Å². The lowest BCUT2D eigenvalue weighted by Gasteiger charge is -1.97. The fourth-order valence-corrected chi connectivity index (χ4v) is 1.41. The fraction of sp³-hybridized carbons (Fsp3) is 0.0769. The molecule has 0 bridgehead atoms. The number of fused-ring (bicyclic) bond motifs is 1. The molecule has 15 heavy (non-hydrogen) atoms. The van der Waals surface area contributed by atoms with Crippen molar-refractivity contribution in [1.82, 2.24) is 4.98 Å². The van der Waals surface area contributed by atoms with Crippen molar-refractivity contribution in [1.29, 1.82) is 5.26 Å². The van der Waals surface area contributed by atoms with E-state index in [-0.39, 0.29) is 0 Å². The monoisotopic (exact) mass is 194 g/mol. The first-order chi connectivity index (χ1) is 7.40. The Morgan fingerprint density at radius 1 is 1.20 bits per heavy atom. The molecular formula is C13H10N2. The molecule has 0 spiro atoms. The molecule has 2 nitrogen and oxygen atoms in total. The second-order valence-corrected chi connectivity index (χ2v) is 3.19. The number of pyridine rings is 1. The van der Waals surface area contributed by atoms with E-state index in [4.69, 9.17) is 5.26 Å². The lowest BCUT2D eigenvalue weighted by Crippen LogP contribution is -1.82. The average Bonchev–Trinajstić information content (AvgIpc) is 2.29. The lowest BCUT2D eigenvalue weighted by atomic mass is 10.2. The Morgan fingerprint density at radius 3 is 2.93 bits per heavy atom. The van der Waals surface area contributed by atoms with Gasteiger partial charge in [-0.15, -0.1) is 0 Å². The zero-order valence-electron chi connectivity index (χ0n) is 8.22. The summed E-state index contributed by atoms with van der Waals surface area (Å²) in [5, 5.41) is 9.53. The van der Waals surface area contributed by atoms with Gasteiger partial charge in [-0.2, -0.15) is 5.26 Å². The van der Waals surface area contributed by atoms with Crippen molar-refractivity contribution in [2.24, 2.45) is 0 Å². The van der Waals surface area contributed by atoms with Crippen LogP contribution in [0, 0.1) is 11.3 Å². The Bertz CT molecular complexity index is 535. The van der Waals surface area contributed by atoms with Gasteiger partial charge in [0, 0.05) is 5.39 Å². The van der Waals surface area contributed by atoms with Gasteiger partial charge in [-0.05, 0) is 18.2 Å². The Kier molecular flexibility index (Phi) is 2.75. The number of benzene rings is 1. The summed E-state index contributed by atoms with van der Waals surface area (Å²) in [5.74, 6) is 0. The van der Waals surface area contributed by atoms with Crippen LogP contribution in [0.2, 0.25) is 0 Å². The number of nitriles is 1. The molecule has 0 fully saturated rings. The summed E-state index contributed by atoms with van der Waals surface area (Å²) in [6.07, 6.45) is 4.11. The van der Waals surface area contributed by atoms with Crippen LogP contribution in [-0.2, 0) is 0 Å². The summed E-state index contributed by atoms with van der Waals surface area (Å²) in [6, 6.07) is 14.0. The summed E-state index contributed by atoms with van der Waals surface area (Å²) in [4.78, 5) is 4.45. The molecule has 72 valence electrons. The molecule has 1 aromatic heterocycles. The summed E-state index contributed by atoms with van der Waals surface area (Å²) in [5.41, 5.74) is 1.88. The van der Waals surface area contributed by atoms with Gasteiger partial charge in [-0.3, -0.25) is 0 Å². The molecular weight excluding hydrogens is 184 g/mol. The molecule has 2 rings (SSSR count). The lowest BCUT2D eigenvalue weighted by molar-refractivity contribution is 1.34. The van der Waals surface area contributed by atoms with Gasteiger partial charge in [0.2, 0.25) is 0 Å². The molecule has 0 aliphatic heterocycles. The van der Waals surface area contributed by atoms with Crippen molar-refractivity contribution in [2.75, 3.05) is 0 Å². The van der Waals surface area contributed by atoms with Crippen LogP contribution in [0.4, 0.5) is 0 Å². The minimum Gasteiger partial charge on any atom is -0.248 e. The molecule has 0 saturated carbocycles. The molecule has 0 aliphatic rings. The Morgan fingerprint density at radius 2 is 2.07 bits per heavy atom. The van der Waals surface area contributed by atoms with Crippen LogP contribution in [0.5, 0.6) is 0 Å². The average molecular weight is 194 g/mol. The second-order valence-electron chi connectivity index (χ2n) is 3.19. The molecule has 2 heteroatoms. The Hall–Kier alpha value is -2.14. The van der Waals surface area contributed by atoms with Crippen molar-refractivity contribution in [3.8, 4) is 6.07 Å². The molecule has 1 aromatic carbocycles. The first-order valence-corrected chi connectivity index (χ1v) is 4.79. The predicted molar refractivity (Wildman–Crippen MR) is 61.0 cm³/mol. The molecule has 0 amide bonds. The minimum absolute atomic E-state index is 0.425. The maximum Gasteiger partial charge on any atom is 0.0709 e. The number of hydrogen-bond donors (Lipinski definition) is 0. The zero-order chi connectivity index (χ0) is 10.5. The predicted octanol–water partition coefficient (Wildman–Crippen LogP) is 3.16. The van der Waals surface area contributed by atoms with E-state index in [1.165, 1.54) is 0 Å². The van der Waals surface area contributed by atoms with Crippen molar-refractivity contribution in [3.05, 3.63) is 48.2 Å². The van der Waals surface area contributed by atoms with Gasteiger partial charge in [0.05, 0.1) is 23.7 Å². The smallest absolute Gasteiger partial charge is 0.0709 e. The molecule has 0 saturated heterocycles. The van der Waals surface area contributed by atoms with Gasteiger partial charge >= 0.3 is 0 Å². The van der Waals surface area contributed by atoms with Crippen LogP contribution in [0.1, 0.15) is 12.1 Å². The van der Waals surface area contributed by atoms with Gasteiger partial charge in [-0.25, -0.2) is 4.98 Å². The van der Waals surface area contributed by atoms with Gasteiger partial charge in [0.25, 0.3) is 0 Å². The van der Waals surface area contributed by atoms with Crippen molar-refractivity contribution < 1.29 is 0 Å². The molecule has 0 unspecified atom stereocenters. The third kappa shape index (κ3) is 2.21. The van der Waals surface area contributed by atoms with Gasteiger partial charge in [0.15, 0.2) is 0 Å². The highest BCUT2D eigenvalue weighted by atomic mass is 14.7. The van der Waals surface area contributed by atoms with E-state index >= 15 is 0 Å². The van der Waals surface area contributed by atoms with E-state index in [0.29, 0.717) is 6.42 Å². The Labute approximate surface area is 88.5 Å². The van der Waals surface area contributed by atoms with Crippen LogP contribution >= 0.6 is 0 Å². The number of para-hydroxylation sites is 1. The molecule has 1 heterocycles. The number of hydrogen-bond acceptors (Lipinski definition) is 2. The number of rotatable bonds is 2. The molecule has 0 aliphatic carbocycles. The quantitative estimate of drug-likeness (QED) is 0.736. The highest BCUT2D eigenvalue weighted by Crippen LogP contribution is 2.12. The van der Waals surface area contributed by atoms with E-state index < -0.39 is 0 Å². The third-order valence-corrected chi connectivity index (χ3v) is 2.12. The number of allylic oxidation sites excluding steroid dienone is 1. The summed E-state index contributed by atoms with van der Waals surface area (Å²) in [7, 11) is 0. The summed E-state index contributed by atoms with van der Waals surface area (Å²) in [6.45, 7) is 0. The fourth-order valence-electron chi connectivity index (χ4n) is 1.41. The van der Waals surface area contributed by atoms with E-state index in [1.54, 1.807) is 0 Å². The first kappa shape index (κ1) is 9.42. The van der Waals surface area contributed by atoms with Gasteiger partial charge in [0.1, 0.15) is 0 Å². The van der Waals surface area contributed by atoms with E-state index in [9.17, 15) is 0 Å². The molecule has 0 N–H and O–H groups in total. The largest absolute Gasteiger partial charge is 0.248 e. The van der Waals surface area contributed by atoms with Crippen molar-refractivity contribution in [2.45, 2.75) is 6.42 Å². The normalized spacial score (nSPS) is 10.6. The van der Waals surface area contributed by atoms with Gasteiger partial charge < -0.3 is 0 Å². The summed E-state index contributed by atoms with van der Waals surface area (Å²) >= 11 is 0. The number of nitrogens with zero attached hydrogens (tertiary/aromatic N) is 2. The van der Waals surface area contributed by atoms with Crippen LogP contribution in [0.25, 0.3) is 17.0 Å². The SMILES string of the molecule is N#CCC=Cc1ccc2ccccc2n1. The second kappa shape index (κ2) is 4.39. The minimum atomic E-state index is 0.425. The van der Waals surface area contributed by atoms with Gasteiger partial charge in [-0.1, -0.05) is 30.3 Å². The highest BCUT2D eigenvalue weighted by Gasteiger charge is 1.93. The van der Waals surface area contributed by atoms with Crippen molar-refractivity contribution >= 4 is 17.0 Å². The standard InChI is InChI=1S/C13H10N2/c14-10-4-3-6-12-9-8-11-5-1-2-7-13(11)15-12/h1-3,5-9H,4H2. The maximum atomic E-state index is 8.39. The van der Waals surface area contributed by atoms with E-state index in [2.05, 4.69) is 11.1 Å². The van der Waals surface area contributed by atoms with Crippen LogP contribution in [0.3, 0.4) is 0 Å². The summed E-state index contributed by atoms with van der Waals surface area (Å²) < 4.78 is 0. The topological polar surface area (TPSA) is 36.7 Å². The van der Waals surface area contributed by atoms with Crippen molar-refractivity contribution in [3.63, 3.8) is 0 Å². The number of aromatic nitrogens is 1. The molecule has 2 aromatic rings.